The molecule has 0 aliphatic carbocycles. The van der Waals surface area contributed by atoms with Crippen LogP contribution >= 0.6 is 11.6 Å². The zero-order valence-corrected chi connectivity index (χ0v) is 16.9. The van der Waals surface area contributed by atoms with Gasteiger partial charge in [-0.3, -0.25) is 9.80 Å². The maximum absolute atomic E-state index is 12.5. The Morgan fingerprint density at radius 2 is 1.93 bits per heavy atom. The lowest BCUT2D eigenvalue weighted by molar-refractivity contribution is -0.120. The number of hydrazone groups is 1. The number of hydrogen-bond donors (Lipinski definition) is 1. The van der Waals surface area contributed by atoms with Gasteiger partial charge in [-0.2, -0.15) is 5.10 Å². The molecule has 8 heteroatoms. The van der Waals surface area contributed by atoms with E-state index < -0.39 is 12.2 Å². The summed E-state index contributed by atoms with van der Waals surface area (Å²) in [5.74, 6) is 0.913. The Morgan fingerprint density at radius 3 is 2.67 bits per heavy atom. The molecule has 0 saturated carbocycles. The topological polar surface area (TPSA) is 78.2 Å². The molecule has 3 aromatic rings. The van der Waals surface area contributed by atoms with Crippen molar-refractivity contribution in [3.05, 3.63) is 77.5 Å². The van der Waals surface area contributed by atoms with Gasteiger partial charge in [0.2, 0.25) is 5.91 Å². The molecule has 0 radical (unpaired) electrons. The molecule has 30 heavy (non-hydrogen) atoms. The molecule has 0 spiro atoms. The summed E-state index contributed by atoms with van der Waals surface area (Å²) in [6, 6.07) is 19.3. The van der Waals surface area contributed by atoms with Gasteiger partial charge in [0, 0.05) is 17.6 Å². The molecule has 4 rings (SSSR count). The highest BCUT2D eigenvalue weighted by Gasteiger charge is 2.34. The van der Waals surface area contributed by atoms with E-state index in [1.165, 1.54) is 11.2 Å². The summed E-state index contributed by atoms with van der Waals surface area (Å²) < 4.78 is 5.78. The first-order valence-electron chi connectivity index (χ1n) is 9.32. The lowest BCUT2D eigenvalue weighted by Gasteiger charge is -2.34. The van der Waals surface area contributed by atoms with Crippen molar-refractivity contribution in [1.82, 2.24) is 10.3 Å². The lowest BCUT2D eigenvalue weighted by atomic mass is 10.2. The number of carbonyl (C=O) groups is 2. The predicted molar refractivity (Wildman–Crippen MR) is 115 cm³/mol. The van der Waals surface area contributed by atoms with Gasteiger partial charge in [0.1, 0.15) is 17.7 Å². The number of anilines is 1. The van der Waals surface area contributed by atoms with Gasteiger partial charge in [0.25, 0.3) is 0 Å². The molecular weight excluding hydrogens is 404 g/mol. The SMILES string of the molecule is CN(/N=C/c1ccc(-c2cccc(Cl)c2)o1)C1CC(=O)N(c2ccccc2)C(=O)N1. The molecule has 1 aliphatic rings. The van der Waals surface area contributed by atoms with Crippen LogP contribution in [-0.4, -0.2) is 36.4 Å². The summed E-state index contributed by atoms with van der Waals surface area (Å²) in [5.41, 5.74) is 1.40. The second kappa shape index (κ2) is 8.42. The van der Waals surface area contributed by atoms with Crippen LogP contribution in [0.15, 0.2) is 76.2 Å². The van der Waals surface area contributed by atoms with E-state index >= 15 is 0 Å². The number of rotatable bonds is 5. The number of halogens is 1. The van der Waals surface area contributed by atoms with Gasteiger partial charge in [-0.25, -0.2) is 9.69 Å². The van der Waals surface area contributed by atoms with Crippen LogP contribution in [0.25, 0.3) is 11.3 Å². The van der Waals surface area contributed by atoms with Gasteiger partial charge in [-0.05, 0) is 36.4 Å². The third-order valence-electron chi connectivity index (χ3n) is 4.68. The third kappa shape index (κ3) is 4.21. The molecule has 1 aromatic heterocycles. The Kier molecular flexibility index (Phi) is 5.54. The van der Waals surface area contributed by atoms with Gasteiger partial charge in [-0.1, -0.05) is 41.9 Å². The minimum Gasteiger partial charge on any atom is -0.455 e. The largest absolute Gasteiger partial charge is 0.455 e. The number of carbonyl (C=O) groups excluding carboxylic acids is 2. The molecule has 152 valence electrons. The van der Waals surface area contributed by atoms with Crippen molar-refractivity contribution in [2.24, 2.45) is 5.10 Å². The average Bonchev–Trinajstić information content (AvgIpc) is 3.21. The summed E-state index contributed by atoms with van der Waals surface area (Å²) in [6.45, 7) is 0. The number of imide groups is 1. The number of amides is 3. The number of furan rings is 1. The van der Waals surface area contributed by atoms with Gasteiger partial charge in [-0.15, -0.1) is 0 Å². The van der Waals surface area contributed by atoms with Crippen LogP contribution < -0.4 is 10.2 Å². The normalized spacial score (nSPS) is 16.7. The van der Waals surface area contributed by atoms with E-state index in [2.05, 4.69) is 10.4 Å². The summed E-state index contributed by atoms with van der Waals surface area (Å²) in [7, 11) is 1.69. The Morgan fingerprint density at radius 1 is 1.13 bits per heavy atom. The summed E-state index contributed by atoms with van der Waals surface area (Å²) >= 11 is 6.02. The lowest BCUT2D eigenvalue weighted by Crippen LogP contribution is -2.58. The van der Waals surface area contributed by atoms with Crippen LogP contribution in [0.4, 0.5) is 10.5 Å². The Hall–Kier alpha value is -3.58. The number of benzene rings is 2. The molecule has 1 aliphatic heterocycles. The molecule has 1 saturated heterocycles. The number of hydrogen-bond acceptors (Lipinski definition) is 5. The highest BCUT2D eigenvalue weighted by atomic mass is 35.5. The van der Waals surface area contributed by atoms with Gasteiger partial charge < -0.3 is 9.73 Å². The highest BCUT2D eigenvalue weighted by Crippen LogP contribution is 2.24. The molecule has 1 atom stereocenters. The fraction of sp³-hybridized carbons (Fsp3) is 0.136. The van der Waals surface area contributed by atoms with Crippen LogP contribution in [0, 0.1) is 0 Å². The first kappa shape index (κ1) is 19.7. The van der Waals surface area contributed by atoms with E-state index in [1.807, 2.05) is 30.3 Å². The molecular formula is C22H19ClN4O3. The van der Waals surface area contributed by atoms with Crippen molar-refractivity contribution in [2.75, 3.05) is 11.9 Å². The molecule has 0 bridgehead atoms. The zero-order valence-electron chi connectivity index (χ0n) is 16.2. The first-order valence-corrected chi connectivity index (χ1v) is 9.70. The first-order chi connectivity index (χ1) is 14.5. The number of para-hydroxylation sites is 1. The minimum absolute atomic E-state index is 0.0976. The summed E-state index contributed by atoms with van der Waals surface area (Å²) in [6.07, 6.45) is 1.08. The molecule has 7 nitrogen and oxygen atoms in total. The number of urea groups is 1. The van der Waals surface area contributed by atoms with Crippen molar-refractivity contribution in [1.29, 1.82) is 0 Å². The van der Waals surface area contributed by atoms with Crippen LogP contribution in [0.1, 0.15) is 12.2 Å². The summed E-state index contributed by atoms with van der Waals surface area (Å²) in [5, 5.41) is 9.27. The average molecular weight is 423 g/mol. The standard InChI is InChI=1S/C22H19ClN4O3/c1-26(20-13-21(28)27(22(29)25-20)17-8-3-2-4-9-17)24-14-18-10-11-19(30-18)15-6-5-7-16(23)12-15/h2-12,14,20H,13H2,1H3,(H,25,29)/b24-14+. The molecule has 1 N–H and O–H groups in total. The molecule has 2 heterocycles. The van der Waals surface area contributed by atoms with E-state index in [4.69, 9.17) is 16.0 Å². The summed E-state index contributed by atoms with van der Waals surface area (Å²) in [4.78, 5) is 26.1. The van der Waals surface area contributed by atoms with Crippen molar-refractivity contribution in [3.63, 3.8) is 0 Å². The van der Waals surface area contributed by atoms with Crippen molar-refractivity contribution < 1.29 is 14.0 Å². The predicted octanol–water partition coefficient (Wildman–Crippen LogP) is 4.34. The van der Waals surface area contributed by atoms with E-state index in [0.29, 0.717) is 22.2 Å². The van der Waals surface area contributed by atoms with Crippen LogP contribution in [0.2, 0.25) is 5.02 Å². The molecule has 2 aromatic carbocycles. The maximum atomic E-state index is 12.5. The molecule has 1 fully saturated rings. The van der Waals surface area contributed by atoms with Gasteiger partial charge in [0.15, 0.2) is 0 Å². The van der Waals surface area contributed by atoms with E-state index in [-0.39, 0.29) is 12.3 Å². The van der Waals surface area contributed by atoms with E-state index in [1.54, 1.807) is 43.4 Å². The van der Waals surface area contributed by atoms with E-state index in [0.717, 1.165) is 10.5 Å². The Balaban J connectivity index is 1.42. The maximum Gasteiger partial charge on any atom is 0.330 e. The fourth-order valence-electron chi connectivity index (χ4n) is 3.14. The van der Waals surface area contributed by atoms with Crippen LogP contribution in [0.3, 0.4) is 0 Å². The highest BCUT2D eigenvalue weighted by molar-refractivity contribution is 6.30. The van der Waals surface area contributed by atoms with Crippen molar-refractivity contribution >= 4 is 35.4 Å². The smallest absolute Gasteiger partial charge is 0.330 e. The van der Waals surface area contributed by atoms with Crippen LogP contribution in [0.5, 0.6) is 0 Å². The Labute approximate surface area is 178 Å². The van der Waals surface area contributed by atoms with Crippen molar-refractivity contribution in [2.45, 2.75) is 12.6 Å². The second-order valence-corrected chi connectivity index (χ2v) is 7.20. The minimum atomic E-state index is -0.552. The van der Waals surface area contributed by atoms with Crippen LogP contribution in [-0.2, 0) is 4.79 Å². The molecule has 1 unspecified atom stereocenters. The van der Waals surface area contributed by atoms with Gasteiger partial charge in [0.05, 0.1) is 18.3 Å². The number of nitrogens with one attached hydrogen (secondary N) is 1. The monoisotopic (exact) mass is 422 g/mol. The quantitative estimate of drug-likeness (QED) is 0.490. The molecule has 3 amide bonds. The zero-order chi connectivity index (χ0) is 21.1. The van der Waals surface area contributed by atoms with E-state index in [9.17, 15) is 9.59 Å². The fourth-order valence-corrected chi connectivity index (χ4v) is 3.33. The third-order valence-corrected chi connectivity index (χ3v) is 4.91. The second-order valence-electron chi connectivity index (χ2n) is 6.76. The number of nitrogens with zero attached hydrogens (tertiary/aromatic N) is 3. The Bertz CT molecular complexity index is 1080. The van der Waals surface area contributed by atoms with Gasteiger partial charge >= 0.3 is 6.03 Å². The van der Waals surface area contributed by atoms with Crippen molar-refractivity contribution in [3.8, 4) is 11.3 Å².